The maximum Gasteiger partial charge on any atom is 0.123 e. The summed E-state index contributed by atoms with van der Waals surface area (Å²) in [6.45, 7) is 2.24. The highest BCUT2D eigenvalue weighted by molar-refractivity contribution is 5.42. The molecule has 0 saturated heterocycles. The second-order valence-electron chi connectivity index (χ2n) is 7.01. The van der Waals surface area contributed by atoms with Crippen molar-refractivity contribution in [1.29, 1.82) is 0 Å². The van der Waals surface area contributed by atoms with Crippen LogP contribution in [0.2, 0.25) is 0 Å². The molecule has 21 heavy (non-hydrogen) atoms. The Kier molecular flexibility index (Phi) is 3.14. The van der Waals surface area contributed by atoms with Gasteiger partial charge in [0.15, 0.2) is 0 Å². The maximum absolute atomic E-state index is 5.52. The van der Waals surface area contributed by atoms with E-state index in [1.807, 2.05) is 12.1 Å². The molecule has 0 heterocycles. The fourth-order valence-corrected chi connectivity index (χ4v) is 5.10. The zero-order chi connectivity index (χ0) is 14.6. The summed E-state index contributed by atoms with van der Waals surface area (Å²) in [4.78, 5) is 0. The standard InChI is InChI=1S/C18H25NO2/c1-10(14-9-13(20-2)6-7-15(14)21-3)19-18-16-11-4-5-12(8-11)17(16)18/h6-7,9-12,16-19H,4-5,8H2,1-3H3. The quantitative estimate of drug-likeness (QED) is 0.900. The van der Waals surface area contributed by atoms with E-state index in [-0.39, 0.29) is 0 Å². The highest BCUT2D eigenvalue weighted by Gasteiger charge is 2.64. The van der Waals surface area contributed by atoms with E-state index in [0.717, 1.165) is 41.2 Å². The highest BCUT2D eigenvalue weighted by Crippen LogP contribution is 2.65. The molecule has 5 unspecified atom stereocenters. The van der Waals surface area contributed by atoms with E-state index in [2.05, 4.69) is 18.3 Å². The van der Waals surface area contributed by atoms with Crippen molar-refractivity contribution in [3.8, 4) is 11.5 Å². The van der Waals surface area contributed by atoms with E-state index in [1.54, 1.807) is 14.2 Å². The average Bonchev–Trinajstić information content (AvgIpc) is 2.90. The van der Waals surface area contributed by atoms with Crippen LogP contribution in [0.3, 0.4) is 0 Å². The molecule has 0 aromatic heterocycles. The first-order valence-electron chi connectivity index (χ1n) is 8.21. The number of ether oxygens (including phenoxy) is 2. The number of methoxy groups -OCH3 is 2. The Labute approximate surface area is 127 Å². The zero-order valence-electron chi connectivity index (χ0n) is 13.1. The Hall–Kier alpha value is -1.22. The third kappa shape index (κ3) is 2.05. The lowest BCUT2D eigenvalue weighted by molar-refractivity contribution is 0.384. The Morgan fingerprint density at radius 3 is 2.43 bits per heavy atom. The molecule has 3 fully saturated rings. The highest BCUT2D eigenvalue weighted by atomic mass is 16.5. The van der Waals surface area contributed by atoms with Gasteiger partial charge in [-0.1, -0.05) is 0 Å². The first-order chi connectivity index (χ1) is 10.2. The van der Waals surface area contributed by atoms with Crippen molar-refractivity contribution in [2.75, 3.05) is 14.2 Å². The molecule has 0 amide bonds. The Balaban J connectivity index is 1.49. The van der Waals surface area contributed by atoms with Gasteiger partial charge in [-0.15, -0.1) is 0 Å². The summed E-state index contributed by atoms with van der Waals surface area (Å²) in [5.41, 5.74) is 1.20. The molecule has 1 N–H and O–H groups in total. The summed E-state index contributed by atoms with van der Waals surface area (Å²) in [7, 11) is 3.46. The molecule has 0 aliphatic heterocycles. The molecule has 3 saturated carbocycles. The molecule has 0 radical (unpaired) electrons. The van der Waals surface area contributed by atoms with Crippen LogP contribution in [0.25, 0.3) is 0 Å². The third-order valence-corrected chi connectivity index (χ3v) is 6.08. The van der Waals surface area contributed by atoms with Crippen molar-refractivity contribution in [3.05, 3.63) is 23.8 Å². The average molecular weight is 287 g/mol. The minimum absolute atomic E-state index is 0.310. The van der Waals surface area contributed by atoms with Gasteiger partial charge in [-0.05, 0) is 68.1 Å². The first kappa shape index (κ1) is 13.4. The Morgan fingerprint density at radius 1 is 1.10 bits per heavy atom. The fraction of sp³-hybridized carbons (Fsp3) is 0.667. The van der Waals surface area contributed by atoms with Crippen LogP contribution in [0.5, 0.6) is 11.5 Å². The summed E-state index contributed by atoms with van der Waals surface area (Å²) >= 11 is 0. The predicted molar refractivity (Wildman–Crippen MR) is 82.7 cm³/mol. The molecule has 1 aromatic carbocycles. The van der Waals surface area contributed by atoms with Crippen LogP contribution >= 0.6 is 0 Å². The monoisotopic (exact) mass is 287 g/mol. The van der Waals surface area contributed by atoms with E-state index >= 15 is 0 Å². The molecule has 4 rings (SSSR count). The molecule has 3 aliphatic rings. The summed E-state index contributed by atoms with van der Waals surface area (Å²) in [5.74, 6) is 5.79. The van der Waals surface area contributed by atoms with Crippen molar-refractivity contribution < 1.29 is 9.47 Å². The third-order valence-electron chi connectivity index (χ3n) is 6.08. The number of benzene rings is 1. The molecule has 0 spiro atoms. The maximum atomic E-state index is 5.52. The SMILES string of the molecule is COc1ccc(OC)c(C(C)NC2C3C4CCC(C4)C23)c1. The zero-order valence-corrected chi connectivity index (χ0v) is 13.1. The molecule has 3 heteroatoms. The van der Waals surface area contributed by atoms with E-state index in [4.69, 9.17) is 9.47 Å². The van der Waals surface area contributed by atoms with Crippen LogP contribution in [-0.4, -0.2) is 20.3 Å². The van der Waals surface area contributed by atoms with Gasteiger partial charge in [-0.3, -0.25) is 0 Å². The molecular weight excluding hydrogens is 262 g/mol. The molecule has 3 nitrogen and oxygen atoms in total. The number of fused-ring (bicyclic) bond motifs is 5. The molecule has 114 valence electrons. The summed E-state index contributed by atoms with van der Waals surface area (Å²) in [6, 6.07) is 7.11. The largest absolute Gasteiger partial charge is 0.497 e. The van der Waals surface area contributed by atoms with Gasteiger partial charge in [0.05, 0.1) is 14.2 Å². The second-order valence-corrected chi connectivity index (χ2v) is 7.01. The van der Waals surface area contributed by atoms with Crippen molar-refractivity contribution >= 4 is 0 Å². The smallest absolute Gasteiger partial charge is 0.123 e. The minimum Gasteiger partial charge on any atom is -0.497 e. The normalized spacial score (nSPS) is 37.2. The van der Waals surface area contributed by atoms with Crippen molar-refractivity contribution in [2.24, 2.45) is 23.7 Å². The van der Waals surface area contributed by atoms with Gasteiger partial charge in [0.2, 0.25) is 0 Å². The van der Waals surface area contributed by atoms with Crippen LogP contribution in [0.1, 0.15) is 37.8 Å². The Bertz CT molecular complexity index is 528. The van der Waals surface area contributed by atoms with Gasteiger partial charge < -0.3 is 14.8 Å². The molecule has 3 aliphatic carbocycles. The minimum atomic E-state index is 0.310. The molecule has 5 atom stereocenters. The summed E-state index contributed by atoms with van der Waals surface area (Å²) in [5, 5.41) is 3.86. The van der Waals surface area contributed by atoms with Gasteiger partial charge in [0.25, 0.3) is 0 Å². The number of hydrogen-bond donors (Lipinski definition) is 1. The van der Waals surface area contributed by atoms with Gasteiger partial charge in [-0.25, -0.2) is 0 Å². The molecular formula is C18H25NO2. The lowest BCUT2D eigenvalue weighted by Gasteiger charge is -2.20. The lowest BCUT2D eigenvalue weighted by Crippen LogP contribution is -2.26. The van der Waals surface area contributed by atoms with E-state index in [0.29, 0.717) is 6.04 Å². The van der Waals surface area contributed by atoms with Crippen molar-refractivity contribution in [2.45, 2.75) is 38.3 Å². The Morgan fingerprint density at radius 2 is 1.81 bits per heavy atom. The van der Waals surface area contributed by atoms with Crippen LogP contribution < -0.4 is 14.8 Å². The van der Waals surface area contributed by atoms with Crippen LogP contribution in [0, 0.1) is 23.7 Å². The first-order valence-corrected chi connectivity index (χ1v) is 8.21. The number of hydrogen-bond acceptors (Lipinski definition) is 3. The van der Waals surface area contributed by atoms with Gasteiger partial charge in [0.1, 0.15) is 11.5 Å². The van der Waals surface area contributed by atoms with Crippen LogP contribution in [0.4, 0.5) is 0 Å². The van der Waals surface area contributed by atoms with E-state index < -0.39 is 0 Å². The van der Waals surface area contributed by atoms with Gasteiger partial charge >= 0.3 is 0 Å². The molecule has 2 bridgehead atoms. The number of nitrogens with one attached hydrogen (secondary N) is 1. The van der Waals surface area contributed by atoms with Crippen LogP contribution in [0.15, 0.2) is 18.2 Å². The lowest BCUT2D eigenvalue weighted by atomic mass is 10.0. The summed E-state index contributed by atoms with van der Waals surface area (Å²) < 4.78 is 10.9. The second kappa shape index (κ2) is 4.91. The topological polar surface area (TPSA) is 30.5 Å². The van der Waals surface area contributed by atoms with E-state index in [1.165, 1.54) is 24.8 Å². The van der Waals surface area contributed by atoms with Gasteiger partial charge in [-0.2, -0.15) is 0 Å². The van der Waals surface area contributed by atoms with E-state index in [9.17, 15) is 0 Å². The fourth-order valence-electron chi connectivity index (χ4n) is 5.10. The van der Waals surface area contributed by atoms with Gasteiger partial charge in [0, 0.05) is 17.6 Å². The van der Waals surface area contributed by atoms with Crippen molar-refractivity contribution in [1.82, 2.24) is 5.32 Å². The van der Waals surface area contributed by atoms with Crippen LogP contribution in [-0.2, 0) is 0 Å². The summed E-state index contributed by atoms with van der Waals surface area (Å²) in [6.07, 6.45) is 4.45. The number of rotatable bonds is 5. The van der Waals surface area contributed by atoms with Crippen molar-refractivity contribution in [3.63, 3.8) is 0 Å². The molecule has 1 aromatic rings. The predicted octanol–water partition coefficient (Wildman–Crippen LogP) is 3.40.